The van der Waals surface area contributed by atoms with E-state index >= 15 is 0 Å². The van der Waals surface area contributed by atoms with E-state index in [-0.39, 0.29) is 23.7 Å². The normalized spacial score (nSPS) is 18.2. The Balaban J connectivity index is 1.86. The zero-order valence-corrected chi connectivity index (χ0v) is 14.4. The summed E-state index contributed by atoms with van der Waals surface area (Å²) in [5, 5.41) is 2.64. The molecule has 0 bridgehead atoms. The predicted molar refractivity (Wildman–Crippen MR) is 90.8 cm³/mol. The molecule has 1 saturated heterocycles. The predicted octanol–water partition coefficient (Wildman–Crippen LogP) is 1.77. The standard InChI is InChI=1S/C18H26FN3O2/c1-14(23)20-10-9-18(24)21(2)16-7-5-11-22(13-16)12-15-6-3-4-8-17(15)19/h3-4,6,8,16H,5,7,9-13H2,1-2H3,(H,20,23)/t16-/m1/s1. The SMILES string of the molecule is CC(=O)NCCC(=O)N(C)[C@@H]1CCCN(Cc2ccccc2F)C1. The van der Waals surface area contributed by atoms with Crippen LogP contribution in [-0.2, 0) is 16.1 Å². The Hall–Kier alpha value is -1.95. The minimum Gasteiger partial charge on any atom is -0.356 e. The molecule has 1 fully saturated rings. The van der Waals surface area contributed by atoms with E-state index in [1.54, 1.807) is 17.0 Å². The number of benzene rings is 1. The summed E-state index contributed by atoms with van der Waals surface area (Å²) in [6, 6.07) is 6.96. The topological polar surface area (TPSA) is 52.7 Å². The molecule has 1 N–H and O–H groups in total. The van der Waals surface area contributed by atoms with Gasteiger partial charge in [0.15, 0.2) is 0 Å². The number of piperidine rings is 1. The lowest BCUT2D eigenvalue weighted by molar-refractivity contribution is -0.133. The van der Waals surface area contributed by atoms with E-state index in [0.29, 0.717) is 25.1 Å². The fourth-order valence-electron chi connectivity index (χ4n) is 3.08. The summed E-state index contributed by atoms with van der Waals surface area (Å²) in [5.41, 5.74) is 0.692. The number of nitrogens with zero attached hydrogens (tertiary/aromatic N) is 2. The number of halogens is 1. The highest BCUT2D eigenvalue weighted by Gasteiger charge is 2.26. The molecule has 0 spiro atoms. The highest BCUT2D eigenvalue weighted by atomic mass is 19.1. The van der Waals surface area contributed by atoms with Crippen molar-refractivity contribution < 1.29 is 14.0 Å². The lowest BCUT2D eigenvalue weighted by atomic mass is 10.0. The van der Waals surface area contributed by atoms with Crippen molar-refractivity contribution in [2.24, 2.45) is 0 Å². The highest BCUT2D eigenvalue weighted by Crippen LogP contribution is 2.19. The molecule has 6 heteroatoms. The van der Waals surface area contributed by atoms with Crippen LogP contribution in [0.15, 0.2) is 24.3 Å². The molecule has 132 valence electrons. The number of rotatable bonds is 6. The number of amides is 2. The molecule has 1 atom stereocenters. The van der Waals surface area contributed by atoms with Gasteiger partial charge in [0, 0.05) is 51.6 Å². The van der Waals surface area contributed by atoms with Gasteiger partial charge in [0.2, 0.25) is 11.8 Å². The van der Waals surface area contributed by atoms with E-state index in [1.165, 1.54) is 13.0 Å². The van der Waals surface area contributed by atoms with Gasteiger partial charge in [0.05, 0.1) is 0 Å². The molecule has 0 aliphatic carbocycles. The molecular formula is C18H26FN3O2. The number of likely N-dealkylation sites (N-methyl/N-ethyl adjacent to an activating group) is 1. The first-order valence-corrected chi connectivity index (χ1v) is 8.43. The van der Waals surface area contributed by atoms with Crippen LogP contribution in [0.5, 0.6) is 0 Å². The molecule has 1 aliphatic heterocycles. The quantitative estimate of drug-likeness (QED) is 0.862. The van der Waals surface area contributed by atoms with Gasteiger partial charge in [-0.2, -0.15) is 0 Å². The molecule has 2 amide bonds. The maximum absolute atomic E-state index is 13.8. The second kappa shape index (κ2) is 8.78. The number of nitrogens with one attached hydrogen (secondary N) is 1. The minimum atomic E-state index is -0.181. The molecule has 1 aliphatic rings. The largest absolute Gasteiger partial charge is 0.356 e. The van der Waals surface area contributed by atoms with Crippen LogP contribution in [0, 0.1) is 5.82 Å². The van der Waals surface area contributed by atoms with Crippen LogP contribution in [-0.4, -0.2) is 54.3 Å². The van der Waals surface area contributed by atoms with Gasteiger partial charge in [-0.1, -0.05) is 18.2 Å². The monoisotopic (exact) mass is 335 g/mol. The van der Waals surface area contributed by atoms with Crippen LogP contribution in [0.3, 0.4) is 0 Å². The Kier molecular flexibility index (Phi) is 6.73. The molecule has 24 heavy (non-hydrogen) atoms. The summed E-state index contributed by atoms with van der Waals surface area (Å²) in [4.78, 5) is 27.1. The van der Waals surface area contributed by atoms with Crippen molar-refractivity contribution in [3.8, 4) is 0 Å². The molecule has 0 radical (unpaired) electrons. The lowest BCUT2D eigenvalue weighted by Gasteiger charge is -2.37. The number of hydrogen-bond donors (Lipinski definition) is 1. The van der Waals surface area contributed by atoms with E-state index in [2.05, 4.69) is 10.2 Å². The first-order valence-electron chi connectivity index (χ1n) is 8.43. The van der Waals surface area contributed by atoms with E-state index in [4.69, 9.17) is 0 Å². The Labute approximate surface area is 142 Å². The van der Waals surface area contributed by atoms with Crippen molar-refractivity contribution in [3.05, 3.63) is 35.6 Å². The Morgan fingerprint density at radius 3 is 2.83 bits per heavy atom. The third-order valence-electron chi connectivity index (χ3n) is 4.49. The molecule has 0 saturated carbocycles. The van der Waals surface area contributed by atoms with Gasteiger partial charge in [-0.25, -0.2) is 4.39 Å². The second-order valence-electron chi connectivity index (χ2n) is 6.36. The zero-order valence-electron chi connectivity index (χ0n) is 14.4. The van der Waals surface area contributed by atoms with Crippen LogP contribution in [0.4, 0.5) is 4.39 Å². The maximum atomic E-state index is 13.8. The molecule has 5 nitrogen and oxygen atoms in total. The van der Waals surface area contributed by atoms with Crippen LogP contribution in [0.25, 0.3) is 0 Å². The average molecular weight is 335 g/mol. The average Bonchev–Trinajstić information content (AvgIpc) is 2.56. The van der Waals surface area contributed by atoms with Gasteiger partial charge in [0.1, 0.15) is 5.82 Å². The number of hydrogen-bond acceptors (Lipinski definition) is 3. The van der Waals surface area contributed by atoms with Crippen LogP contribution >= 0.6 is 0 Å². The van der Waals surface area contributed by atoms with Crippen molar-refractivity contribution >= 4 is 11.8 Å². The summed E-state index contributed by atoms with van der Waals surface area (Å²) >= 11 is 0. The second-order valence-corrected chi connectivity index (χ2v) is 6.36. The summed E-state index contributed by atoms with van der Waals surface area (Å²) in [7, 11) is 1.81. The zero-order chi connectivity index (χ0) is 17.5. The van der Waals surface area contributed by atoms with Gasteiger partial charge >= 0.3 is 0 Å². The molecule has 0 aromatic heterocycles. The highest BCUT2D eigenvalue weighted by molar-refractivity contribution is 5.78. The number of carbonyl (C=O) groups is 2. The van der Waals surface area contributed by atoms with Crippen molar-refractivity contribution in [1.29, 1.82) is 0 Å². The Bertz CT molecular complexity index is 579. The number of carbonyl (C=O) groups excluding carboxylic acids is 2. The van der Waals surface area contributed by atoms with E-state index in [9.17, 15) is 14.0 Å². The molecule has 0 unspecified atom stereocenters. The molecule has 1 heterocycles. The third-order valence-corrected chi connectivity index (χ3v) is 4.49. The minimum absolute atomic E-state index is 0.0292. The lowest BCUT2D eigenvalue weighted by Crippen LogP contribution is -2.48. The van der Waals surface area contributed by atoms with Gasteiger partial charge in [-0.3, -0.25) is 14.5 Å². The van der Waals surface area contributed by atoms with Crippen molar-refractivity contribution in [3.63, 3.8) is 0 Å². The van der Waals surface area contributed by atoms with Gasteiger partial charge in [0.25, 0.3) is 0 Å². The van der Waals surface area contributed by atoms with Gasteiger partial charge in [-0.05, 0) is 25.5 Å². The fraction of sp³-hybridized carbons (Fsp3) is 0.556. The summed E-state index contributed by atoms with van der Waals surface area (Å²) in [6.07, 6.45) is 2.25. The fourth-order valence-corrected chi connectivity index (χ4v) is 3.08. The smallest absolute Gasteiger partial charge is 0.224 e. The summed E-state index contributed by atoms with van der Waals surface area (Å²) in [6.45, 7) is 4.03. The van der Waals surface area contributed by atoms with Crippen molar-refractivity contribution in [1.82, 2.24) is 15.1 Å². The molecular weight excluding hydrogens is 309 g/mol. The van der Waals surface area contributed by atoms with E-state index in [1.807, 2.05) is 13.1 Å². The molecule has 1 aromatic rings. The van der Waals surface area contributed by atoms with E-state index in [0.717, 1.165) is 25.9 Å². The third kappa shape index (κ3) is 5.30. The van der Waals surface area contributed by atoms with Crippen LogP contribution < -0.4 is 5.32 Å². The molecule has 2 rings (SSSR count). The van der Waals surface area contributed by atoms with Crippen LogP contribution in [0.2, 0.25) is 0 Å². The van der Waals surface area contributed by atoms with Crippen molar-refractivity contribution in [2.75, 3.05) is 26.7 Å². The number of likely N-dealkylation sites (tertiary alicyclic amines) is 1. The van der Waals surface area contributed by atoms with E-state index < -0.39 is 0 Å². The van der Waals surface area contributed by atoms with Gasteiger partial charge in [-0.15, -0.1) is 0 Å². The Morgan fingerprint density at radius 1 is 1.38 bits per heavy atom. The van der Waals surface area contributed by atoms with Gasteiger partial charge < -0.3 is 10.2 Å². The maximum Gasteiger partial charge on any atom is 0.224 e. The first-order chi connectivity index (χ1) is 11.5. The first kappa shape index (κ1) is 18.4. The summed E-state index contributed by atoms with van der Waals surface area (Å²) < 4.78 is 13.8. The summed E-state index contributed by atoms with van der Waals surface area (Å²) in [5.74, 6) is -0.278. The van der Waals surface area contributed by atoms with Crippen molar-refractivity contribution in [2.45, 2.75) is 38.8 Å². The molecule has 1 aromatic carbocycles. The van der Waals surface area contributed by atoms with Crippen LogP contribution in [0.1, 0.15) is 31.7 Å². The Morgan fingerprint density at radius 2 is 2.12 bits per heavy atom.